The molecule has 2 fully saturated rings. The minimum atomic E-state index is 0.0752. The van der Waals surface area contributed by atoms with Crippen molar-refractivity contribution in [1.29, 1.82) is 0 Å². The van der Waals surface area contributed by atoms with E-state index in [-0.39, 0.29) is 11.9 Å². The predicted octanol–water partition coefficient (Wildman–Crippen LogP) is 2.87. The summed E-state index contributed by atoms with van der Waals surface area (Å²) in [5.74, 6) is 1.44. The molecule has 0 spiro atoms. The van der Waals surface area contributed by atoms with Gasteiger partial charge in [0, 0.05) is 36.2 Å². The zero-order chi connectivity index (χ0) is 19.1. The molecule has 5 rings (SSSR count). The highest BCUT2D eigenvalue weighted by Gasteiger charge is 2.34. The number of nitrogens with one attached hydrogen (secondary N) is 1. The van der Waals surface area contributed by atoms with Crippen molar-refractivity contribution in [3.05, 3.63) is 36.2 Å². The molecule has 144 valence electrons. The Morgan fingerprint density at radius 1 is 1.04 bits per heavy atom. The van der Waals surface area contributed by atoms with Gasteiger partial charge in [0.15, 0.2) is 0 Å². The standard InChI is InChI=1S/C20H21N5O3/c1-11-22-25-20(27-11)12-2-5-16(18(26)8-12)17-6-7-19(24-23-17)28-15-9-13-3-4-14(10-15)21-13/h2,5-8,13-15,21,26H,3-4,9-10H2,1H3/t13-,14?,15?/m0/s1. The summed E-state index contributed by atoms with van der Waals surface area (Å²) < 4.78 is 11.4. The SMILES string of the molecule is Cc1nnc(-c2ccc(-c3ccc(OC4CC5CC[C@@H](C4)N5)nn3)c(O)c2)o1. The first-order valence-electron chi connectivity index (χ1n) is 9.54. The molecule has 3 aromatic rings. The fourth-order valence-corrected chi connectivity index (χ4v) is 4.09. The monoisotopic (exact) mass is 379 g/mol. The molecule has 2 aliphatic heterocycles. The van der Waals surface area contributed by atoms with Gasteiger partial charge >= 0.3 is 0 Å². The molecule has 1 aromatic carbocycles. The van der Waals surface area contributed by atoms with Crippen molar-refractivity contribution in [3.8, 4) is 34.3 Å². The van der Waals surface area contributed by atoms with E-state index in [2.05, 4.69) is 25.7 Å². The molecule has 28 heavy (non-hydrogen) atoms. The average molecular weight is 379 g/mol. The Morgan fingerprint density at radius 3 is 2.50 bits per heavy atom. The molecule has 2 bridgehead atoms. The number of ether oxygens (including phenoxy) is 1. The summed E-state index contributed by atoms with van der Waals surface area (Å²) >= 11 is 0. The van der Waals surface area contributed by atoms with Crippen molar-refractivity contribution >= 4 is 0 Å². The molecule has 0 saturated carbocycles. The number of phenolic OH excluding ortho intramolecular Hbond substituents is 1. The fraction of sp³-hybridized carbons (Fsp3) is 0.400. The number of aryl methyl sites for hydroxylation is 1. The Hall–Kier alpha value is -3.00. The second kappa shape index (κ2) is 6.87. The van der Waals surface area contributed by atoms with Crippen LogP contribution in [-0.2, 0) is 0 Å². The molecule has 2 unspecified atom stereocenters. The zero-order valence-electron chi connectivity index (χ0n) is 15.5. The minimum absolute atomic E-state index is 0.0752. The summed E-state index contributed by atoms with van der Waals surface area (Å²) in [6, 6.07) is 9.89. The highest BCUT2D eigenvalue weighted by molar-refractivity contribution is 5.71. The molecule has 0 aliphatic carbocycles. The summed E-state index contributed by atoms with van der Waals surface area (Å²) in [6.45, 7) is 1.72. The minimum Gasteiger partial charge on any atom is -0.507 e. The Bertz CT molecular complexity index is 976. The van der Waals surface area contributed by atoms with Gasteiger partial charge in [-0.05, 0) is 49.9 Å². The van der Waals surface area contributed by atoms with E-state index in [0.29, 0.717) is 46.6 Å². The Kier molecular flexibility index (Phi) is 4.20. The summed E-state index contributed by atoms with van der Waals surface area (Å²) in [7, 11) is 0. The lowest BCUT2D eigenvalue weighted by atomic mass is 10.0. The van der Waals surface area contributed by atoms with E-state index in [1.807, 2.05) is 6.07 Å². The van der Waals surface area contributed by atoms with Crippen LogP contribution in [0.2, 0.25) is 0 Å². The number of nitrogens with zero attached hydrogens (tertiary/aromatic N) is 4. The van der Waals surface area contributed by atoms with E-state index in [1.165, 1.54) is 12.8 Å². The number of fused-ring (bicyclic) bond motifs is 2. The zero-order valence-corrected chi connectivity index (χ0v) is 15.5. The molecule has 8 heteroatoms. The van der Waals surface area contributed by atoms with Gasteiger partial charge in [0.25, 0.3) is 0 Å². The third-order valence-corrected chi connectivity index (χ3v) is 5.40. The smallest absolute Gasteiger partial charge is 0.247 e. The maximum atomic E-state index is 10.4. The molecular formula is C20H21N5O3. The number of phenols is 1. The summed E-state index contributed by atoms with van der Waals surface area (Å²) in [4.78, 5) is 0. The Labute approximate surface area is 162 Å². The third-order valence-electron chi connectivity index (χ3n) is 5.40. The fourth-order valence-electron chi connectivity index (χ4n) is 4.09. The number of rotatable bonds is 4. The number of aromatic hydroxyl groups is 1. The van der Waals surface area contributed by atoms with E-state index < -0.39 is 0 Å². The number of piperidine rings is 1. The van der Waals surface area contributed by atoms with E-state index in [9.17, 15) is 5.11 Å². The quantitative estimate of drug-likeness (QED) is 0.713. The average Bonchev–Trinajstić information content (AvgIpc) is 3.27. The largest absolute Gasteiger partial charge is 0.507 e. The van der Waals surface area contributed by atoms with Gasteiger partial charge in [-0.15, -0.1) is 20.4 Å². The lowest BCUT2D eigenvalue weighted by Gasteiger charge is -2.28. The number of hydrogen-bond donors (Lipinski definition) is 2. The topological polar surface area (TPSA) is 106 Å². The normalized spacial score (nSPS) is 23.7. The van der Waals surface area contributed by atoms with E-state index in [1.54, 1.807) is 31.2 Å². The van der Waals surface area contributed by atoms with Gasteiger partial charge < -0.3 is 19.6 Å². The van der Waals surface area contributed by atoms with Gasteiger partial charge in [-0.2, -0.15) is 0 Å². The molecule has 2 saturated heterocycles. The number of hydrogen-bond acceptors (Lipinski definition) is 8. The first kappa shape index (κ1) is 17.1. The van der Waals surface area contributed by atoms with Crippen molar-refractivity contribution in [2.75, 3.05) is 0 Å². The van der Waals surface area contributed by atoms with Crippen molar-refractivity contribution in [1.82, 2.24) is 25.7 Å². The van der Waals surface area contributed by atoms with Gasteiger partial charge in [-0.3, -0.25) is 0 Å². The van der Waals surface area contributed by atoms with Gasteiger partial charge in [0.2, 0.25) is 17.7 Å². The van der Waals surface area contributed by atoms with Crippen LogP contribution in [0.5, 0.6) is 11.6 Å². The van der Waals surface area contributed by atoms with Crippen molar-refractivity contribution in [2.24, 2.45) is 0 Å². The van der Waals surface area contributed by atoms with Crippen LogP contribution in [0.1, 0.15) is 31.6 Å². The van der Waals surface area contributed by atoms with Crippen molar-refractivity contribution in [3.63, 3.8) is 0 Å². The van der Waals surface area contributed by atoms with Crippen LogP contribution in [0, 0.1) is 6.92 Å². The predicted molar refractivity (Wildman–Crippen MR) is 101 cm³/mol. The van der Waals surface area contributed by atoms with Gasteiger partial charge in [0.1, 0.15) is 11.9 Å². The second-order valence-corrected chi connectivity index (χ2v) is 7.46. The maximum Gasteiger partial charge on any atom is 0.247 e. The molecule has 8 nitrogen and oxygen atoms in total. The van der Waals surface area contributed by atoms with Crippen LogP contribution in [0.4, 0.5) is 0 Å². The Balaban J connectivity index is 1.31. The van der Waals surface area contributed by atoms with E-state index in [4.69, 9.17) is 9.15 Å². The molecular weight excluding hydrogens is 358 g/mol. The lowest BCUT2D eigenvalue weighted by Crippen LogP contribution is -2.42. The molecule has 0 amide bonds. The first-order valence-corrected chi connectivity index (χ1v) is 9.54. The summed E-state index contributed by atoms with van der Waals surface area (Å²) in [5, 5.41) is 30.2. The summed E-state index contributed by atoms with van der Waals surface area (Å²) in [6.07, 6.45) is 4.67. The third kappa shape index (κ3) is 3.31. The molecule has 2 aromatic heterocycles. The van der Waals surface area contributed by atoms with Crippen LogP contribution in [0.25, 0.3) is 22.7 Å². The van der Waals surface area contributed by atoms with Crippen LogP contribution in [0.3, 0.4) is 0 Å². The van der Waals surface area contributed by atoms with Crippen LogP contribution in [0.15, 0.2) is 34.7 Å². The van der Waals surface area contributed by atoms with Crippen LogP contribution < -0.4 is 10.1 Å². The second-order valence-electron chi connectivity index (χ2n) is 7.46. The molecule has 3 atom stereocenters. The highest BCUT2D eigenvalue weighted by atomic mass is 16.5. The Morgan fingerprint density at radius 2 is 1.86 bits per heavy atom. The van der Waals surface area contributed by atoms with Gasteiger partial charge in [-0.25, -0.2) is 0 Å². The van der Waals surface area contributed by atoms with Gasteiger partial charge in [-0.1, -0.05) is 0 Å². The number of aromatic nitrogens is 4. The molecule has 2 aliphatic rings. The first-order chi connectivity index (χ1) is 13.6. The van der Waals surface area contributed by atoms with Gasteiger partial charge in [0.05, 0.1) is 5.69 Å². The van der Waals surface area contributed by atoms with Crippen LogP contribution >= 0.6 is 0 Å². The molecule has 4 heterocycles. The maximum absolute atomic E-state index is 10.4. The molecule has 0 radical (unpaired) electrons. The highest BCUT2D eigenvalue weighted by Crippen LogP contribution is 2.33. The number of benzene rings is 1. The van der Waals surface area contributed by atoms with Crippen molar-refractivity contribution in [2.45, 2.75) is 50.8 Å². The van der Waals surface area contributed by atoms with E-state index in [0.717, 1.165) is 12.8 Å². The summed E-state index contributed by atoms with van der Waals surface area (Å²) in [5.41, 5.74) is 1.80. The van der Waals surface area contributed by atoms with E-state index >= 15 is 0 Å². The van der Waals surface area contributed by atoms with Crippen LogP contribution in [-0.4, -0.2) is 43.7 Å². The van der Waals surface area contributed by atoms with Crippen molar-refractivity contribution < 1.29 is 14.3 Å². The molecule has 2 N–H and O–H groups in total. The lowest BCUT2D eigenvalue weighted by molar-refractivity contribution is 0.130.